The molecule has 0 fully saturated rings. The van der Waals surface area contributed by atoms with Gasteiger partial charge in [-0.1, -0.05) is 25.2 Å². The lowest BCUT2D eigenvalue weighted by Crippen LogP contribution is -1.99. The molecule has 86 valence electrons. The second kappa shape index (κ2) is 4.82. The van der Waals surface area contributed by atoms with Crippen molar-refractivity contribution in [3.63, 3.8) is 0 Å². The molecule has 2 heterocycles. The van der Waals surface area contributed by atoms with Crippen molar-refractivity contribution in [1.82, 2.24) is 4.98 Å². The molecule has 0 aromatic carbocycles. The van der Waals surface area contributed by atoms with Gasteiger partial charge in [0.1, 0.15) is 10.7 Å². The predicted molar refractivity (Wildman–Crippen MR) is 73.8 cm³/mol. The first kappa shape index (κ1) is 12.0. The van der Waals surface area contributed by atoms with Crippen molar-refractivity contribution in [3.8, 4) is 16.5 Å². The second-order valence-electron chi connectivity index (χ2n) is 3.75. The summed E-state index contributed by atoms with van der Waals surface area (Å²) in [6.45, 7) is 4.12. The van der Waals surface area contributed by atoms with Gasteiger partial charge in [-0.2, -0.15) is 5.26 Å². The molecule has 1 N–H and O–H groups in total. The number of thiophene rings is 1. The number of hydrogen-bond donors (Lipinski definition) is 1. The first-order valence-electron chi connectivity index (χ1n) is 5.38. The number of nitrogens with zero attached hydrogens (tertiary/aromatic N) is 1. The molecule has 0 unspecified atom stereocenters. The Balaban J connectivity index is 2.85. The maximum Gasteiger partial charge on any atom is 0.122 e. The number of rotatable bonds is 2. The van der Waals surface area contributed by atoms with Gasteiger partial charge < -0.3 is 4.98 Å². The molecule has 0 amide bonds. The van der Waals surface area contributed by atoms with E-state index in [1.54, 1.807) is 11.3 Å². The zero-order valence-corrected chi connectivity index (χ0v) is 11.3. The van der Waals surface area contributed by atoms with Crippen molar-refractivity contribution in [1.29, 1.82) is 5.26 Å². The summed E-state index contributed by atoms with van der Waals surface area (Å²) in [5.74, 6) is 0. The summed E-state index contributed by atoms with van der Waals surface area (Å²) in [4.78, 5) is 4.25. The summed E-state index contributed by atoms with van der Waals surface area (Å²) in [5, 5.41) is 11.3. The van der Waals surface area contributed by atoms with E-state index in [1.807, 2.05) is 24.4 Å². The number of aryl methyl sites for hydroxylation is 1. The lowest BCUT2D eigenvalue weighted by atomic mass is 10.0. The molecule has 2 nitrogen and oxygen atoms in total. The second-order valence-corrected chi connectivity index (χ2v) is 5.11. The average molecular weight is 260 g/mol. The van der Waals surface area contributed by atoms with Crippen LogP contribution in [0.25, 0.3) is 10.4 Å². The van der Waals surface area contributed by atoms with Gasteiger partial charge in [-0.25, -0.2) is 0 Å². The van der Waals surface area contributed by atoms with Gasteiger partial charge >= 0.3 is 0 Å². The minimum absolute atomic E-state index is 0.540. The van der Waals surface area contributed by atoms with Crippen molar-refractivity contribution < 1.29 is 0 Å². The highest BCUT2D eigenvalue weighted by molar-refractivity contribution is 7.71. The van der Waals surface area contributed by atoms with Crippen LogP contribution in [0.2, 0.25) is 0 Å². The largest absolute Gasteiger partial charge is 0.349 e. The van der Waals surface area contributed by atoms with Gasteiger partial charge in [-0.15, -0.1) is 11.3 Å². The molecule has 0 saturated carbocycles. The fourth-order valence-corrected chi connectivity index (χ4v) is 3.04. The van der Waals surface area contributed by atoms with Gasteiger partial charge in [0, 0.05) is 16.1 Å². The van der Waals surface area contributed by atoms with E-state index in [0.717, 1.165) is 28.1 Å². The van der Waals surface area contributed by atoms with Gasteiger partial charge in [0.25, 0.3) is 0 Å². The molecule has 0 aliphatic heterocycles. The lowest BCUT2D eigenvalue weighted by molar-refractivity contribution is 0.999. The summed E-state index contributed by atoms with van der Waals surface area (Å²) in [5.41, 5.74) is 3.80. The quantitative estimate of drug-likeness (QED) is 0.821. The number of nitrogens with one attached hydrogen (secondary N) is 1. The first-order valence-corrected chi connectivity index (χ1v) is 6.67. The zero-order chi connectivity index (χ0) is 12.4. The fourth-order valence-electron chi connectivity index (χ4n) is 1.93. The Morgan fingerprint density at radius 1 is 1.53 bits per heavy atom. The van der Waals surface area contributed by atoms with Crippen molar-refractivity contribution in [2.75, 3.05) is 0 Å². The van der Waals surface area contributed by atoms with E-state index in [1.165, 1.54) is 0 Å². The molecule has 0 spiro atoms. The highest BCUT2D eigenvalue weighted by Gasteiger charge is 2.14. The molecule has 0 aliphatic rings. The highest BCUT2D eigenvalue weighted by Crippen LogP contribution is 2.32. The molecule has 0 radical (unpaired) electrons. The topological polar surface area (TPSA) is 39.6 Å². The van der Waals surface area contributed by atoms with Gasteiger partial charge in [0.05, 0.1) is 5.56 Å². The minimum atomic E-state index is 0.540. The van der Waals surface area contributed by atoms with Crippen LogP contribution in [0.3, 0.4) is 0 Å². The van der Waals surface area contributed by atoms with Crippen LogP contribution >= 0.6 is 23.6 Å². The average Bonchev–Trinajstić information content (AvgIpc) is 2.84. The molecule has 2 rings (SSSR count). The molecule has 0 atom stereocenters. The number of pyridine rings is 1. The Morgan fingerprint density at radius 3 is 2.82 bits per heavy atom. The smallest absolute Gasteiger partial charge is 0.122 e. The normalized spacial score (nSPS) is 10.2. The third kappa shape index (κ3) is 2.04. The van der Waals surface area contributed by atoms with E-state index in [0.29, 0.717) is 10.2 Å². The van der Waals surface area contributed by atoms with Crippen LogP contribution in [0.15, 0.2) is 17.5 Å². The van der Waals surface area contributed by atoms with E-state index in [9.17, 15) is 5.26 Å². The maximum atomic E-state index is 9.25. The molecule has 4 heteroatoms. The van der Waals surface area contributed by atoms with E-state index >= 15 is 0 Å². The Kier molecular flexibility index (Phi) is 3.41. The minimum Gasteiger partial charge on any atom is -0.349 e. The Morgan fingerprint density at radius 2 is 2.29 bits per heavy atom. The highest BCUT2D eigenvalue weighted by atomic mass is 32.1. The van der Waals surface area contributed by atoms with Gasteiger partial charge in [-0.05, 0) is 30.4 Å². The van der Waals surface area contributed by atoms with Crippen LogP contribution in [0.4, 0.5) is 0 Å². The van der Waals surface area contributed by atoms with Gasteiger partial charge in [-0.3, -0.25) is 0 Å². The predicted octanol–water partition coefficient (Wildman–Crippen LogP) is 4.22. The van der Waals surface area contributed by atoms with Crippen LogP contribution in [-0.4, -0.2) is 4.98 Å². The molecule has 17 heavy (non-hydrogen) atoms. The standard InChI is InChI=1S/C13H12N2S2/c1-3-10-8(2)12(11-5-4-6-17-11)9(7-14)13(16)15-10/h4-6H,3H2,1-2H3,(H,15,16). The lowest BCUT2D eigenvalue weighted by Gasteiger charge is -2.11. The Labute approximate surface area is 110 Å². The maximum absolute atomic E-state index is 9.25. The summed E-state index contributed by atoms with van der Waals surface area (Å²) in [7, 11) is 0. The first-order chi connectivity index (χ1) is 8.19. The number of H-pyrrole nitrogens is 1. The fraction of sp³-hybridized carbons (Fsp3) is 0.231. The van der Waals surface area contributed by atoms with Crippen molar-refractivity contribution >= 4 is 23.6 Å². The van der Waals surface area contributed by atoms with E-state index in [-0.39, 0.29) is 0 Å². The summed E-state index contributed by atoms with van der Waals surface area (Å²) < 4.78 is 0.540. The summed E-state index contributed by atoms with van der Waals surface area (Å²) >= 11 is 6.89. The zero-order valence-electron chi connectivity index (χ0n) is 9.70. The van der Waals surface area contributed by atoms with Crippen LogP contribution < -0.4 is 0 Å². The molecule has 0 saturated heterocycles. The number of aromatic amines is 1. The van der Waals surface area contributed by atoms with Crippen LogP contribution in [0, 0.1) is 22.9 Å². The number of hydrogen-bond acceptors (Lipinski definition) is 3. The van der Waals surface area contributed by atoms with Crippen LogP contribution in [-0.2, 0) is 6.42 Å². The molecular formula is C13H12N2S2. The number of nitriles is 1. The Hall–Kier alpha value is -1.44. The van der Waals surface area contributed by atoms with E-state index < -0.39 is 0 Å². The Bertz CT molecular complexity index is 631. The third-order valence-corrected chi connectivity index (χ3v) is 4.00. The van der Waals surface area contributed by atoms with E-state index in [4.69, 9.17) is 12.2 Å². The molecule has 0 aliphatic carbocycles. The summed E-state index contributed by atoms with van der Waals surface area (Å²) in [6.07, 6.45) is 0.888. The SMILES string of the molecule is CCc1[nH]c(=S)c(C#N)c(-c2cccs2)c1C. The van der Waals surface area contributed by atoms with E-state index in [2.05, 4.69) is 18.0 Å². The molecule has 2 aromatic heterocycles. The molecule has 2 aromatic rings. The van der Waals surface area contributed by atoms with Gasteiger partial charge in [0.15, 0.2) is 0 Å². The molecule has 0 bridgehead atoms. The van der Waals surface area contributed by atoms with Crippen LogP contribution in [0.5, 0.6) is 0 Å². The van der Waals surface area contributed by atoms with Crippen molar-refractivity contribution in [2.24, 2.45) is 0 Å². The van der Waals surface area contributed by atoms with Crippen LogP contribution in [0.1, 0.15) is 23.7 Å². The molecular weight excluding hydrogens is 248 g/mol. The van der Waals surface area contributed by atoms with Gasteiger partial charge in [0.2, 0.25) is 0 Å². The monoisotopic (exact) mass is 260 g/mol. The van der Waals surface area contributed by atoms with Crippen molar-refractivity contribution in [3.05, 3.63) is 39.0 Å². The third-order valence-electron chi connectivity index (χ3n) is 2.80. The number of aromatic nitrogens is 1. The summed E-state index contributed by atoms with van der Waals surface area (Å²) in [6, 6.07) is 6.24. The van der Waals surface area contributed by atoms with Crippen molar-refractivity contribution in [2.45, 2.75) is 20.3 Å².